The van der Waals surface area contributed by atoms with Crippen LogP contribution in [0.1, 0.15) is 11.1 Å². The Balaban J connectivity index is 2.19. The molecule has 4 N–H and O–H groups in total. The van der Waals surface area contributed by atoms with Crippen LogP contribution in [0, 0.1) is 0 Å². The number of aromatic amines is 1. The van der Waals surface area contributed by atoms with Crippen LogP contribution in [-0.2, 0) is 12.8 Å². The zero-order valence-corrected chi connectivity index (χ0v) is 11.9. The molecule has 110 valence electrons. The molecule has 0 amide bonds. The van der Waals surface area contributed by atoms with Crippen molar-refractivity contribution in [1.29, 1.82) is 0 Å². The van der Waals surface area contributed by atoms with Crippen LogP contribution in [0.3, 0.4) is 0 Å². The van der Waals surface area contributed by atoms with Crippen LogP contribution in [-0.4, -0.2) is 25.8 Å². The van der Waals surface area contributed by atoms with E-state index < -0.39 is 11.1 Å². The number of nitrogens with zero attached hydrogens (tertiary/aromatic N) is 3. The maximum Gasteiger partial charge on any atom is 0.339 e. The zero-order valence-electron chi connectivity index (χ0n) is 11.1. The van der Waals surface area contributed by atoms with Gasteiger partial charge in [-0.25, -0.2) is 0 Å². The molecule has 0 saturated carbocycles. The maximum absolute atomic E-state index is 11.2. The van der Waals surface area contributed by atoms with Crippen molar-refractivity contribution in [3.8, 4) is 0 Å². The van der Waals surface area contributed by atoms with Gasteiger partial charge in [-0.2, -0.15) is 4.98 Å². The summed E-state index contributed by atoms with van der Waals surface area (Å²) in [6, 6.07) is 7.14. The molecule has 0 aliphatic carbocycles. The molecule has 0 unspecified atom stereocenters. The molecule has 0 atom stereocenters. The van der Waals surface area contributed by atoms with Crippen LogP contribution >= 0.6 is 11.8 Å². The van der Waals surface area contributed by atoms with E-state index in [4.69, 9.17) is 10.9 Å². The molecule has 0 fully saturated rings. The number of nitrogens with two attached hydrogens (primary N) is 1. The molecule has 2 aromatic rings. The predicted molar refractivity (Wildman–Crippen MR) is 78.6 cm³/mol. The molecule has 21 heavy (non-hydrogen) atoms. The number of hydrogen-bond donors (Lipinski definition) is 3. The largest absolute Gasteiger partial charge is 0.409 e. The molecule has 0 radical (unpaired) electrons. The van der Waals surface area contributed by atoms with Crippen LogP contribution in [0.25, 0.3) is 0 Å². The molecule has 2 rings (SSSR count). The Bertz CT molecular complexity index is 796. The monoisotopic (exact) mass is 307 g/mol. The van der Waals surface area contributed by atoms with Gasteiger partial charge in [0.15, 0.2) is 11.0 Å². The number of aryl methyl sites for hydroxylation is 1. The summed E-state index contributed by atoms with van der Waals surface area (Å²) in [5.41, 5.74) is 5.46. The summed E-state index contributed by atoms with van der Waals surface area (Å²) in [5, 5.41) is 14.4. The van der Waals surface area contributed by atoms with Gasteiger partial charge in [-0.1, -0.05) is 35.1 Å². The van der Waals surface area contributed by atoms with Crippen LogP contribution in [0.15, 0.2) is 44.2 Å². The number of amidine groups is 1. The molecular weight excluding hydrogens is 294 g/mol. The van der Waals surface area contributed by atoms with E-state index in [1.165, 1.54) is 16.4 Å². The van der Waals surface area contributed by atoms with E-state index >= 15 is 0 Å². The fraction of sp³-hybridized carbons (Fsp3) is 0.167. The summed E-state index contributed by atoms with van der Waals surface area (Å²) >= 11 is 1.29. The summed E-state index contributed by atoms with van der Waals surface area (Å²) in [4.78, 5) is 26.1. The number of oxime groups is 1. The quantitative estimate of drug-likeness (QED) is 0.180. The highest BCUT2D eigenvalue weighted by molar-refractivity contribution is 7.98. The lowest BCUT2D eigenvalue weighted by Crippen LogP contribution is -2.33. The second-order valence-corrected chi connectivity index (χ2v) is 5.12. The second kappa shape index (κ2) is 6.27. The third kappa shape index (κ3) is 3.51. The van der Waals surface area contributed by atoms with Crippen molar-refractivity contribution in [2.75, 3.05) is 0 Å². The first-order chi connectivity index (χ1) is 10.0. The van der Waals surface area contributed by atoms with Gasteiger partial charge in [-0.05, 0) is 11.6 Å². The summed E-state index contributed by atoms with van der Waals surface area (Å²) in [6.45, 7) is 0. The van der Waals surface area contributed by atoms with E-state index in [1.807, 2.05) is 6.07 Å². The Labute approximate surface area is 123 Å². The first-order valence-electron chi connectivity index (χ1n) is 5.88. The molecule has 1 aromatic carbocycles. The molecule has 0 bridgehead atoms. The first-order valence-corrected chi connectivity index (χ1v) is 6.87. The van der Waals surface area contributed by atoms with Crippen LogP contribution in [0.2, 0.25) is 0 Å². The summed E-state index contributed by atoms with van der Waals surface area (Å²) in [6.07, 6.45) is 0. The van der Waals surface area contributed by atoms with E-state index in [2.05, 4.69) is 15.2 Å². The van der Waals surface area contributed by atoms with Crippen molar-refractivity contribution in [2.24, 2.45) is 17.9 Å². The Morgan fingerprint density at radius 1 is 1.52 bits per heavy atom. The molecule has 0 aliphatic rings. The van der Waals surface area contributed by atoms with Crippen molar-refractivity contribution >= 4 is 17.6 Å². The van der Waals surface area contributed by atoms with Crippen molar-refractivity contribution in [3.63, 3.8) is 0 Å². The molecule has 1 heterocycles. The zero-order chi connectivity index (χ0) is 15.4. The van der Waals surface area contributed by atoms with E-state index in [9.17, 15) is 9.59 Å². The van der Waals surface area contributed by atoms with E-state index in [0.29, 0.717) is 16.5 Å². The topological polar surface area (TPSA) is 126 Å². The summed E-state index contributed by atoms with van der Waals surface area (Å²) < 4.78 is 1.39. The number of rotatable bonds is 4. The number of H-pyrrole nitrogens is 1. The molecule has 0 spiro atoms. The van der Waals surface area contributed by atoms with Gasteiger partial charge in [0.05, 0.1) is 0 Å². The minimum Gasteiger partial charge on any atom is -0.409 e. The van der Waals surface area contributed by atoms with Crippen molar-refractivity contribution < 1.29 is 5.21 Å². The van der Waals surface area contributed by atoms with Gasteiger partial charge in [0, 0.05) is 18.4 Å². The van der Waals surface area contributed by atoms with Crippen LogP contribution < -0.4 is 16.9 Å². The number of nitrogens with one attached hydrogen (secondary N) is 1. The fourth-order valence-corrected chi connectivity index (χ4v) is 2.48. The maximum atomic E-state index is 11.2. The third-order valence-corrected chi connectivity index (χ3v) is 3.75. The van der Waals surface area contributed by atoms with E-state index in [0.717, 1.165) is 5.56 Å². The smallest absolute Gasteiger partial charge is 0.339 e. The van der Waals surface area contributed by atoms with E-state index in [1.54, 1.807) is 25.2 Å². The van der Waals surface area contributed by atoms with Crippen molar-refractivity contribution in [3.05, 3.63) is 56.1 Å². The van der Waals surface area contributed by atoms with Gasteiger partial charge < -0.3 is 10.9 Å². The second-order valence-electron chi connectivity index (χ2n) is 4.17. The highest BCUT2D eigenvalue weighted by atomic mass is 32.2. The van der Waals surface area contributed by atoms with E-state index in [-0.39, 0.29) is 5.84 Å². The SMILES string of the molecule is Cn1[nH]c(=O)c(=O)nc1SCc1cccc(/C(N)=N/O)c1. The fourth-order valence-electron chi connectivity index (χ4n) is 1.62. The average Bonchev–Trinajstić information content (AvgIpc) is 2.49. The van der Waals surface area contributed by atoms with Crippen LogP contribution in [0.5, 0.6) is 0 Å². The molecule has 0 saturated heterocycles. The third-order valence-electron chi connectivity index (χ3n) is 2.65. The minimum atomic E-state index is -0.819. The molecule has 0 aliphatic heterocycles. The lowest BCUT2D eigenvalue weighted by Gasteiger charge is -2.07. The summed E-state index contributed by atoms with van der Waals surface area (Å²) in [5.74, 6) is 0.537. The van der Waals surface area contributed by atoms with Gasteiger partial charge in [0.2, 0.25) is 0 Å². The Hall–Kier alpha value is -2.55. The number of benzene rings is 1. The van der Waals surface area contributed by atoms with Gasteiger partial charge >= 0.3 is 11.1 Å². The van der Waals surface area contributed by atoms with Crippen molar-refractivity contribution in [1.82, 2.24) is 14.8 Å². The lowest BCUT2D eigenvalue weighted by molar-refractivity contribution is 0.318. The predicted octanol–water partition coefficient (Wildman–Crippen LogP) is -0.145. The van der Waals surface area contributed by atoms with Crippen LogP contribution in [0.4, 0.5) is 0 Å². The molecule has 8 nitrogen and oxygen atoms in total. The number of hydrogen-bond acceptors (Lipinski definition) is 6. The average molecular weight is 307 g/mol. The van der Waals surface area contributed by atoms with Gasteiger partial charge in [0.25, 0.3) is 0 Å². The van der Waals surface area contributed by atoms with Gasteiger partial charge in [-0.3, -0.25) is 19.4 Å². The Kier molecular flexibility index (Phi) is 4.43. The van der Waals surface area contributed by atoms with Crippen molar-refractivity contribution in [2.45, 2.75) is 10.9 Å². The number of thioether (sulfide) groups is 1. The number of aromatic nitrogens is 3. The summed E-state index contributed by atoms with van der Waals surface area (Å²) in [7, 11) is 1.60. The lowest BCUT2D eigenvalue weighted by atomic mass is 10.1. The molecule has 9 heteroatoms. The highest BCUT2D eigenvalue weighted by Crippen LogP contribution is 2.19. The normalized spacial score (nSPS) is 11.6. The Morgan fingerprint density at radius 2 is 2.29 bits per heavy atom. The minimum absolute atomic E-state index is 0.0245. The van der Waals surface area contributed by atoms with Gasteiger partial charge in [0.1, 0.15) is 0 Å². The molecule has 1 aromatic heterocycles. The first kappa shape index (κ1) is 14.9. The van der Waals surface area contributed by atoms with Gasteiger partial charge in [-0.15, -0.1) is 0 Å². The Morgan fingerprint density at radius 3 is 3.00 bits per heavy atom. The standard InChI is InChI=1S/C12H13N5O3S/c1-17-12(14-10(18)11(19)15-17)21-6-7-3-2-4-8(5-7)9(13)16-20/h2-5,20H,6H2,1H3,(H2,13,16)(H,15,19). The highest BCUT2D eigenvalue weighted by Gasteiger charge is 2.06. The molecular formula is C12H13N5O3S.